The molecule has 1 aliphatic rings. The molecule has 2 rings (SSSR count). The van der Waals surface area contributed by atoms with Gasteiger partial charge in [-0.05, 0) is 57.3 Å². The van der Waals surface area contributed by atoms with E-state index in [0.29, 0.717) is 17.1 Å². The number of hydrogen-bond acceptors (Lipinski definition) is 3. The van der Waals surface area contributed by atoms with Crippen LogP contribution < -0.4 is 5.32 Å². The van der Waals surface area contributed by atoms with Crippen molar-refractivity contribution in [1.29, 1.82) is 0 Å². The van der Waals surface area contributed by atoms with Crippen LogP contribution >= 0.6 is 11.6 Å². The third-order valence-electron chi connectivity index (χ3n) is 4.06. The van der Waals surface area contributed by atoms with E-state index in [9.17, 15) is 0 Å². The van der Waals surface area contributed by atoms with Gasteiger partial charge in [0.2, 0.25) is 0 Å². The van der Waals surface area contributed by atoms with Crippen molar-refractivity contribution in [1.82, 2.24) is 9.88 Å². The van der Waals surface area contributed by atoms with Gasteiger partial charge >= 0.3 is 0 Å². The molecule has 1 N–H and O–H groups in total. The monoisotopic (exact) mass is 281 g/mol. The highest BCUT2D eigenvalue weighted by molar-refractivity contribution is 6.31. The Morgan fingerprint density at radius 2 is 2.37 bits per heavy atom. The largest absolute Gasteiger partial charge is 0.380 e. The Morgan fingerprint density at radius 1 is 1.58 bits per heavy atom. The predicted molar refractivity (Wildman–Crippen MR) is 81.9 cm³/mol. The van der Waals surface area contributed by atoms with Gasteiger partial charge in [-0.1, -0.05) is 18.5 Å². The van der Waals surface area contributed by atoms with Crippen molar-refractivity contribution in [2.75, 3.05) is 25.0 Å². The van der Waals surface area contributed by atoms with E-state index in [2.05, 4.69) is 35.1 Å². The zero-order valence-electron chi connectivity index (χ0n) is 12.1. The standard InChI is InChI=1S/C15H24ClN3/c1-4-19-7-5-6-13(10-19)12(3)18-14-8-11(2)9-17-15(14)16/h8-9,12-13,18H,4-7,10H2,1-3H3. The van der Waals surface area contributed by atoms with Crippen LogP contribution in [0.15, 0.2) is 12.3 Å². The SMILES string of the molecule is CCN1CCCC(C(C)Nc2cc(C)cnc2Cl)C1. The lowest BCUT2D eigenvalue weighted by molar-refractivity contribution is 0.172. The molecule has 0 aliphatic carbocycles. The number of aryl methyl sites for hydroxylation is 1. The summed E-state index contributed by atoms with van der Waals surface area (Å²) in [6.07, 6.45) is 4.39. The van der Waals surface area contributed by atoms with E-state index in [-0.39, 0.29) is 0 Å². The number of pyridine rings is 1. The number of nitrogens with one attached hydrogen (secondary N) is 1. The van der Waals surface area contributed by atoms with E-state index in [4.69, 9.17) is 11.6 Å². The van der Waals surface area contributed by atoms with Crippen molar-refractivity contribution in [3.05, 3.63) is 23.0 Å². The minimum atomic E-state index is 0.426. The molecule has 1 saturated heterocycles. The molecule has 4 heteroatoms. The molecule has 1 aromatic heterocycles. The minimum Gasteiger partial charge on any atom is -0.380 e. The van der Waals surface area contributed by atoms with Gasteiger partial charge in [0.15, 0.2) is 5.15 Å². The highest BCUT2D eigenvalue weighted by Gasteiger charge is 2.24. The molecule has 2 unspecified atom stereocenters. The lowest BCUT2D eigenvalue weighted by Gasteiger charge is -2.35. The first-order valence-corrected chi connectivity index (χ1v) is 7.59. The fourth-order valence-electron chi connectivity index (χ4n) is 2.80. The third-order valence-corrected chi connectivity index (χ3v) is 4.36. The van der Waals surface area contributed by atoms with Crippen molar-refractivity contribution >= 4 is 17.3 Å². The molecule has 2 atom stereocenters. The predicted octanol–water partition coefficient (Wildman–Crippen LogP) is 3.58. The van der Waals surface area contributed by atoms with Crippen LogP contribution in [0.3, 0.4) is 0 Å². The second-order valence-corrected chi connectivity index (χ2v) is 5.94. The molecule has 19 heavy (non-hydrogen) atoms. The molecular formula is C15H24ClN3. The zero-order valence-corrected chi connectivity index (χ0v) is 12.9. The highest BCUT2D eigenvalue weighted by atomic mass is 35.5. The maximum Gasteiger partial charge on any atom is 0.152 e. The van der Waals surface area contributed by atoms with E-state index < -0.39 is 0 Å². The Labute approximate surface area is 121 Å². The average Bonchev–Trinajstić information content (AvgIpc) is 2.43. The van der Waals surface area contributed by atoms with Crippen molar-refractivity contribution in [3.8, 4) is 0 Å². The molecule has 106 valence electrons. The van der Waals surface area contributed by atoms with Crippen LogP contribution in [0.4, 0.5) is 5.69 Å². The molecule has 0 aromatic carbocycles. The number of rotatable bonds is 4. The van der Waals surface area contributed by atoms with Crippen LogP contribution in [0.1, 0.15) is 32.3 Å². The van der Waals surface area contributed by atoms with Crippen molar-refractivity contribution in [3.63, 3.8) is 0 Å². The quantitative estimate of drug-likeness (QED) is 0.855. The summed E-state index contributed by atoms with van der Waals surface area (Å²) in [7, 11) is 0. The Hall–Kier alpha value is -0.800. The highest BCUT2D eigenvalue weighted by Crippen LogP contribution is 2.25. The van der Waals surface area contributed by atoms with Crippen molar-refractivity contribution in [2.24, 2.45) is 5.92 Å². The Balaban J connectivity index is 2.00. The molecule has 0 saturated carbocycles. The summed E-state index contributed by atoms with van der Waals surface area (Å²) < 4.78 is 0. The topological polar surface area (TPSA) is 28.2 Å². The number of likely N-dealkylation sites (tertiary alicyclic amines) is 1. The van der Waals surface area contributed by atoms with Crippen LogP contribution in [0.2, 0.25) is 5.15 Å². The van der Waals surface area contributed by atoms with Gasteiger partial charge in [-0.15, -0.1) is 0 Å². The molecule has 0 amide bonds. The van der Waals surface area contributed by atoms with Crippen LogP contribution in [-0.4, -0.2) is 35.6 Å². The number of hydrogen-bond donors (Lipinski definition) is 1. The lowest BCUT2D eigenvalue weighted by atomic mass is 9.91. The van der Waals surface area contributed by atoms with Crippen LogP contribution in [0.5, 0.6) is 0 Å². The number of aromatic nitrogens is 1. The Kier molecular flexibility index (Phi) is 5.06. The van der Waals surface area contributed by atoms with E-state index in [0.717, 1.165) is 17.8 Å². The summed E-state index contributed by atoms with van der Waals surface area (Å²) >= 11 is 6.15. The minimum absolute atomic E-state index is 0.426. The fraction of sp³-hybridized carbons (Fsp3) is 0.667. The van der Waals surface area contributed by atoms with E-state index in [1.54, 1.807) is 6.20 Å². The molecule has 0 spiro atoms. The molecule has 1 aromatic rings. The van der Waals surface area contributed by atoms with Gasteiger partial charge < -0.3 is 10.2 Å². The van der Waals surface area contributed by atoms with Crippen LogP contribution in [-0.2, 0) is 0 Å². The molecule has 2 heterocycles. The maximum atomic E-state index is 6.15. The number of piperidine rings is 1. The molecule has 1 aliphatic heterocycles. The van der Waals surface area contributed by atoms with Crippen molar-refractivity contribution < 1.29 is 0 Å². The number of halogens is 1. The number of anilines is 1. The van der Waals surface area contributed by atoms with Gasteiger partial charge in [-0.2, -0.15) is 0 Å². The first kappa shape index (κ1) is 14.6. The lowest BCUT2D eigenvalue weighted by Crippen LogP contribution is -2.41. The summed E-state index contributed by atoms with van der Waals surface area (Å²) in [5.41, 5.74) is 2.10. The molecule has 0 radical (unpaired) electrons. The summed E-state index contributed by atoms with van der Waals surface area (Å²) in [5, 5.41) is 4.11. The summed E-state index contributed by atoms with van der Waals surface area (Å²) in [6, 6.07) is 2.50. The number of nitrogens with zero attached hydrogens (tertiary/aromatic N) is 2. The van der Waals surface area contributed by atoms with Gasteiger partial charge in [-0.3, -0.25) is 0 Å². The summed E-state index contributed by atoms with van der Waals surface area (Å²) in [5.74, 6) is 0.685. The van der Waals surface area contributed by atoms with Gasteiger partial charge in [0, 0.05) is 18.8 Å². The fourth-order valence-corrected chi connectivity index (χ4v) is 2.96. The first-order valence-electron chi connectivity index (χ1n) is 7.21. The van der Waals surface area contributed by atoms with Gasteiger partial charge in [-0.25, -0.2) is 4.98 Å². The molecule has 3 nitrogen and oxygen atoms in total. The van der Waals surface area contributed by atoms with Gasteiger partial charge in [0.1, 0.15) is 0 Å². The molecular weight excluding hydrogens is 258 g/mol. The van der Waals surface area contributed by atoms with E-state index >= 15 is 0 Å². The molecule has 1 fully saturated rings. The van der Waals surface area contributed by atoms with Gasteiger partial charge in [0.25, 0.3) is 0 Å². The second kappa shape index (κ2) is 6.58. The first-order chi connectivity index (χ1) is 9.10. The Morgan fingerprint density at radius 3 is 3.11 bits per heavy atom. The van der Waals surface area contributed by atoms with Crippen LogP contribution in [0.25, 0.3) is 0 Å². The maximum absolute atomic E-state index is 6.15. The van der Waals surface area contributed by atoms with E-state index in [1.165, 1.54) is 25.9 Å². The average molecular weight is 282 g/mol. The van der Waals surface area contributed by atoms with Crippen molar-refractivity contribution in [2.45, 2.75) is 39.7 Å². The van der Waals surface area contributed by atoms with Crippen LogP contribution in [0, 0.1) is 12.8 Å². The summed E-state index contributed by atoms with van der Waals surface area (Å²) in [4.78, 5) is 6.73. The van der Waals surface area contributed by atoms with E-state index in [1.807, 2.05) is 6.92 Å². The Bertz CT molecular complexity index is 422. The normalized spacial score (nSPS) is 22.2. The summed E-state index contributed by atoms with van der Waals surface area (Å²) in [6.45, 7) is 10.1. The third kappa shape index (κ3) is 3.83. The van der Waals surface area contributed by atoms with Gasteiger partial charge in [0.05, 0.1) is 5.69 Å². The zero-order chi connectivity index (χ0) is 13.8. The second-order valence-electron chi connectivity index (χ2n) is 5.58. The molecule has 0 bridgehead atoms. The smallest absolute Gasteiger partial charge is 0.152 e.